The van der Waals surface area contributed by atoms with Crippen LogP contribution in [0.1, 0.15) is 35.7 Å². The van der Waals surface area contributed by atoms with Crippen LogP contribution >= 0.6 is 0 Å². The fraction of sp³-hybridized carbons (Fsp3) is 0.190. The molecule has 1 aliphatic rings. The first kappa shape index (κ1) is 17.6. The van der Waals surface area contributed by atoms with Gasteiger partial charge in [0.05, 0.1) is 6.61 Å². The quantitative estimate of drug-likeness (QED) is 0.450. The molecule has 0 amide bonds. The normalized spacial score (nSPS) is 12.5. The molecule has 0 saturated carbocycles. The average Bonchev–Trinajstić information content (AvgIpc) is 2.62. The van der Waals surface area contributed by atoms with E-state index in [1.807, 2.05) is 30.3 Å². The van der Waals surface area contributed by atoms with Gasteiger partial charge in [-0.3, -0.25) is 9.59 Å². The largest absolute Gasteiger partial charge is 0.462 e. The number of esters is 2. The molecule has 0 aliphatic heterocycles. The van der Waals surface area contributed by atoms with Crippen molar-refractivity contribution in [1.29, 1.82) is 0 Å². The zero-order chi connectivity index (χ0) is 18.7. The van der Waals surface area contributed by atoms with Crippen molar-refractivity contribution in [3.05, 3.63) is 65.8 Å². The molecule has 3 rings (SSSR count). The van der Waals surface area contributed by atoms with Crippen molar-refractivity contribution in [2.75, 3.05) is 6.61 Å². The highest BCUT2D eigenvalue weighted by molar-refractivity contribution is 6.21. The third-order valence-corrected chi connectivity index (χ3v) is 4.03. The van der Waals surface area contributed by atoms with E-state index in [1.54, 1.807) is 13.0 Å². The molecular formula is C21H18O5. The van der Waals surface area contributed by atoms with E-state index in [9.17, 15) is 14.4 Å². The number of hydrogen-bond acceptors (Lipinski definition) is 5. The van der Waals surface area contributed by atoms with Gasteiger partial charge in [0.1, 0.15) is 5.76 Å². The lowest BCUT2D eigenvalue weighted by Gasteiger charge is -2.17. The summed E-state index contributed by atoms with van der Waals surface area (Å²) in [5.74, 6) is -0.898. The van der Waals surface area contributed by atoms with E-state index < -0.39 is 11.9 Å². The Kier molecular flexibility index (Phi) is 4.98. The van der Waals surface area contributed by atoms with Gasteiger partial charge in [0.25, 0.3) is 0 Å². The van der Waals surface area contributed by atoms with E-state index in [-0.39, 0.29) is 24.6 Å². The fourth-order valence-corrected chi connectivity index (χ4v) is 2.79. The lowest BCUT2D eigenvalue weighted by molar-refractivity contribution is -0.141. The van der Waals surface area contributed by atoms with E-state index in [2.05, 4.69) is 6.58 Å². The second kappa shape index (κ2) is 7.35. The van der Waals surface area contributed by atoms with Gasteiger partial charge in [-0.1, -0.05) is 43.0 Å². The summed E-state index contributed by atoms with van der Waals surface area (Å²) < 4.78 is 10.3. The zero-order valence-electron chi connectivity index (χ0n) is 14.4. The van der Waals surface area contributed by atoms with Crippen LogP contribution in [-0.2, 0) is 19.1 Å². The van der Waals surface area contributed by atoms with E-state index >= 15 is 0 Å². The number of rotatable bonds is 6. The molecule has 5 heteroatoms. The minimum Gasteiger partial charge on any atom is -0.462 e. The average molecular weight is 350 g/mol. The molecule has 132 valence electrons. The molecule has 0 heterocycles. The van der Waals surface area contributed by atoms with Crippen LogP contribution in [0.5, 0.6) is 0 Å². The summed E-state index contributed by atoms with van der Waals surface area (Å²) in [6.07, 6.45) is 1.75. The third-order valence-electron chi connectivity index (χ3n) is 4.03. The van der Waals surface area contributed by atoms with Gasteiger partial charge in [-0.15, -0.1) is 0 Å². The van der Waals surface area contributed by atoms with Crippen LogP contribution in [0.4, 0.5) is 0 Å². The fourth-order valence-electron chi connectivity index (χ4n) is 2.79. The molecule has 0 aromatic heterocycles. The Bertz CT molecular complexity index is 947. The molecule has 0 N–H and O–H groups in total. The van der Waals surface area contributed by atoms with Crippen molar-refractivity contribution < 1.29 is 23.9 Å². The Morgan fingerprint density at radius 3 is 2.46 bits per heavy atom. The van der Waals surface area contributed by atoms with Gasteiger partial charge < -0.3 is 9.47 Å². The number of ether oxygens (including phenoxy) is 2. The van der Waals surface area contributed by atoms with Gasteiger partial charge in [-0.05, 0) is 18.7 Å². The summed E-state index contributed by atoms with van der Waals surface area (Å²) in [6.45, 7) is 5.15. The van der Waals surface area contributed by atoms with Crippen LogP contribution in [0.2, 0.25) is 0 Å². The number of carbonyl (C=O) groups is 3. The van der Waals surface area contributed by atoms with Gasteiger partial charge in [-0.25, -0.2) is 4.79 Å². The van der Waals surface area contributed by atoms with E-state index in [0.29, 0.717) is 17.6 Å². The molecule has 26 heavy (non-hydrogen) atoms. The number of hydrogen-bond donors (Lipinski definition) is 0. The van der Waals surface area contributed by atoms with Crippen LogP contribution in [0, 0.1) is 0 Å². The lowest BCUT2D eigenvalue weighted by Crippen LogP contribution is -2.12. The first-order valence-corrected chi connectivity index (χ1v) is 8.29. The van der Waals surface area contributed by atoms with Crippen LogP contribution in [0.25, 0.3) is 16.5 Å². The smallest absolute Gasteiger partial charge is 0.333 e. The molecular weight excluding hydrogens is 332 g/mol. The monoisotopic (exact) mass is 350 g/mol. The molecule has 0 spiro atoms. The van der Waals surface area contributed by atoms with Crippen molar-refractivity contribution in [3.63, 3.8) is 0 Å². The second-order valence-corrected chi connectivity index (χ2v) is 6.08. The first-order chi connectivity index (χ1) is 12.5. The Hall–Kier alpha value is -3.21. The van der Waals surface area contributed by atoms with Crippen molar-refractivity contribution in [2.24, 2.45) is 0 Å². The summed E-state index contributed by atoms with van der Waals surface area (Å²) in [5.41, 5.74) is 1.63. The predicted molar refractivity (Wildman–Crippen MR) is 97.4 cm³/mol. The van der Waals surface area contributed by atoms with Crippen LogP contribution in [0.3, 0.4) is 0 Å². The van der Waals surface area contributed by atoms with E-state index in [4.69, 9.17) is 9.47 Å². The number of carbonyl (C=O) groups excluding carboxylic acids is 3. The summed E-state index contributed by atoms with van der Waals surface area (Å²) in [5, 5.41) is 1.71. The maximum Gasteiger partial charge on any atom is 0.333 e. The molecule has 0 radical (unpaired) electrons. The van der Waals surface area contributed by atoms with Crippen LogP contribution < -0.4 is 0 Å². The van der Waals surface area contributed by atoms with Gasteiger partial charge >= 0.3 is 11.9 Å². The Balaban J connectivity index is 1.67. The topological polar surface area (TPSA) is 69.7 Å². The Labute approximate surface area is 150 Å². The van der Waals surface area contributed by atoms with Crippen molar-refractivity contribution in [3.8, 4) is 0 Å². The van der Waals surface area contributed by atoms with Crippen LogP contribution in [0.15, 0.2) is 54.6 Å². The molecule has 0 fully saturated rings. The van der Waals surface area contributed by atoms with Crippen molar-refractivity contribution in [2.45, 2.75) is 19.8 Å². The number of ketones is 1. The van der Waals surface area contributed by atoms with E-state index in [1.165, 1.54) is 6.08 Å². The summed E-state index contributed by atoms with van der Waals surface area (Å²) >= 11 is 0. The molecule has 2 aromatic rings. The zero-order valence-corrected chi connectivity index (χ0v) is 14.4. The first-order valence-electron chi connectivity index (χ1n) is 8.29. The second-order valence-electron chi connectivity index (χ2n) is 6.08. The summed E-state index contributed by atoms with van der Waals surface area (Å²) in [6, 6.07) is 11.1. The van der Waals surface area contributed by atoms with Crippen molar-refractivity contribution >= 4 is 34.3 Å². The maximum atomic E-state index is 12.3. The molecule has 0 saturated heterocycles. The van der Waals surface area contributed by atoms with Gasteiger partial charge in [-0.2, -0.15) is 0 Å². The molecule has 2 aromatic carbocycles. The Morgan fingerprint density at radius 1 is 1.08 bits per heavy atom. The van der Waals surface area contributed by atoms with Gasteiger partial charge in [0.2, 0.25) is 0 Å². The minimum atomic E-state index is -0.484. The van der Waals surface area contributed by atoms with Gasteiger partial charge in [0, 0.05) is 34.6 Å². The minimum absolute atomic E-state index is 0.0760. The Morgan fingerprint density at radius 2 is 1.77 bits per heavy atom. The number of allylic oxidation sites excluding steroid dienone is 1. The third kappa shape index (κ3) is 3.57. The highest BCUT2D eigenvalue weighted by Gasteiger charge is 2.22. The standard InChI is InChI=1S/C21H18O5/c1-13(2)21(24)25-11-5-10-19(23)26-18-12-17(22)15-8-3-6-14-7-4-9-16(18)20(14)15/h3-4,6-9,12H,1,5,10-11H2,2H3. The molecule has 0 unspecified atom stereocenters. The highest BCUT2D eigenvalue weighted by Crippen LogP contribution is 2.33. The maximum absolute atomic E-state index is 12.3. The lowest BCUT2D eigenvalue weighted by atomic mass is 9.91. The van der Waals surface area contributed by atoms with Crippen molar-refractivity contribution in [1.82, 2.24) is 0 Å². The highest BCUT2D eigenvalue weighted by atomic mass is 16.5. The molecule has 1 aliphatic carbocycles. The summed E-state index contributed by atoms with van der Waals surface area (Å²) in [4.78, 5) is 35.7. The molecule has 0 bridgehead atoms. The SMILES string of the molecule is C=C(C)C(=O)OCCCC(=O)OC1=CC(=O)c2cccc3cccc1c23. The van der Waals surface area contributed by atoms with Gasteiger partial charge in [0.15, 0.2) is 5.78 Å². The van der Waals surface area contributed by atoms with E-state index in [0.717, 1.165) is 16.3 Å². The van der Waals surface area contributed by atoms with Crippen LogP contribution in [-0.4, -0.2) is 24.3 Å². The summed E-state index contributed by atoms with van der Waals surface area (Å²) in [7, 11) is 0. The molecule has 0 atom stereocenters. The number of benzene rings is 2. The predicted octanol–water partition coefficient (Wildman–Crippen LogP) is 3.82. The molecule has 5 nitrogen and oxygen atoms in total.